The molecule has 1 fully saturated rings. The maximum atomic E-state index is 13.2. The molecule has 1 N–H and O–H groups in total. The third-order valence-corrected chi connectivity index (χ3v) is 5.95. The Morgan fingerprint density at radius 1 is 1.00 bits per heavy atom. The molecule has 0 aromatic heterocycles. The summed E-state index contributed by atoms with van der Waals surface area (Å²) in [5.74, 6) is -2.56. The Labute approximate surface area is 179 Å². The Balaban J connectivity index is 1.88. The van der Waals surface area contributed by atoms with E-state index in [1.165, 1.54) is 12.1 Å². The first kappa shape index (κ1) is 22.8. The monoisotopic (exact) mass is 439 g/mol. The van der Waals surface area contributed by atoms with E-state index in [2.05, 4.69) is 4.72 Å². The molecular formula is C21H25BF3NO3S. The highest BCUT2D eigenvalue weighted by Crippen LogP contribution is 2.38. The molecule has 1 unspecified atom stereocenters. The molecule has 4 nitrogen and oxygen atoms in total. The van der Waals surface area contributed by atoms with Crippen LogP contribution in [0.5, 0.6) is 5.75 Å². The van der Waals surface area contributed by atoms with E-state index in [0.29, 0.717) is 16.9 Å². The van der Waals surface area contributed by atoms with Gasteiger partial charge in [0.05, 0.1) is 16.9 Å². The minimum Gasteiger partial charge on any atom is -0.484 e. The standard InChI is InChI=1S/C21H25BF3NO3S/c1-13(14-6-9-16(23)10-7-14)27-18-12-15(8-11-17(18)26-30-19(24)25)22-28-20(2,3)21(4,5)29-22/h6-13,19,26H,1-5H3. The predicted octanol–water partition coefficient (Wildman–Crippen LogP) is 5.55. The molecule has 1 atom stereocenters. The first-order chi connectivity index (χ1) is 14.0. The highest BCUT2D eigenvalue weighted by Gasteiger charge is 2.51. The summed E-state index contributed by atoms with van der Waals surface area (Å²) in [7, 11) is -0.615. The fourth-order valence-electron chi connectivity index (χ4n) is 2.95. The van der Waals surface area contributed by atoms with E-state index in [9.17, 15) is 13.2 Å². The minimum absolute atomic E-state index is 0.286. The third-order valence-electron chi connectivity index (χ3n) is 5.43. The van der Waals surface area contributed by atoms with E-state index in [4.69, 9.17) is 14.0 Å². The van der Waals surface area contributed by atoms with Crippen molar-refractivity contribution in [3.63, 3.8) is 0 Å². The number of nitrogens with one attached hydrogen (secondary N) is 1. The lowest BCUT2D eigenvalue weighted by atomic mass is 9.79. The van der Waals surface area contributed by atoms with Gasteiger partial charge in [-0.1, -0.05) is 18.2 Å². The molecule has 1 aliphatic heterocycles. The number of halogens is 3. The first-order valence-corrected chi connectivity index (χ1v) is 10.5. The highest BCUT2D eigenvalue weighted by molar-refractivity contribution is 8.00. The fourth-order valence-corrected chi connectivity index (χ4v) is 3.33. The molecule has 30 heavy (non-hydrogen) atoms. The Morgan fingerprint density at radius 3 is 2.17 bits per heavy atom. The van der Waals surface area contributed by atoms with Gasteiger partial charge in [-0.15, -0.1) is 0 Å². The molecule has 2 aromatic rings. The van der Waals surface area contributed by atoms with E-state index in [1.807, 2.05) is 27.7 Å². The van der Waals surface area contributed by atoms with E-state index < -0.39 is 30.2 Å². The molecule has 0 spiro atoms. The second-order valence-electron chi connectivity index (χ2n) is 8.14. The zero-order valence-corrected chi connectivity index (χ0v) is 18.4. The second-order valence-corrected chi connectivity index (χ2v) is 8.93. The molecule has 0 bridgehead atoms. The van der Waals surface area contributed by atoms with Crippen molar-refractivity contribution in [1.29, 1.82) is 0 Å². The van der Waals surface area contributed by atoms with Crippen LogP contribution in [0.3, 0.4) is 0 Å². The van der Waals surface area contributed by atoms with Crippen LogP contribution in [-0.2, 0) is 9.31 Å². The van der Waals surface area contributed by atoms with Gasteiger partial charge in [-0.2, -0.15) is 8.78 Å². The van der Waals surface area contributed by atoms with Crippen LogP contribution in [0.1, 0.15) is 46.3 Å². The zero-order chi connectivity index (χ0) is 22.1. The van der Waals surface area contributed by atoms with Gasteiger partial charge in [0.25, 0.3) is 0 Å². The Hall–Kier alpha value is -1.84. The van der Waals surface area contributed by atoms with Crippen LogP contribution in [0.4, 0.5) is 18.9 Å². The smallest absolute Gasteiger partial charge is 0.484 e. The van der Waals surface area contributed by atoms with Crippen molar-refractivity contribution in [3.05, 3.63) is 53.8 Å². The lowest BCUT2D eigenvalue weighted by molar-refractivity contribution is 0.00578. The molecular weight excluding hydrogens is 414 g/mol. The normalized spacial score (nSPS) is 18.5. The van der Waals surface area contributed by atoms with Gasteiger partial charge in [-0.25, -0.2) is 4.39 Å². The Kier molecular flexibility index (Phi) is 6.64. The van der Waals surface area contributed by atoms with Crippen LogP contribution in [0, 0.1) is 5.82 Å². The zero-order valence-electron chi connectivity index (χ0n) is 17.5. The van der Waals surface area contributed by atoms with E-state index in [1.54, 1.807) is 37.3 Å². The van der Waals surface area contributed by atoms with Crippen molar-refractivity contribution in [2.45, 2.75) is 57.7 Å². The van der Waals surface area contributed by atoms with Crippen molar-refractivity contribution in [2.24, 2.45) is 0 Å². The molecule has 9 heteroatoms. The summed E-state index contributed by atoms with van der Waals surface area (Å²) >= 11 is 0.286. The van der Waals surface area contributed by atoms with Gasteiger partial charge in [-0.3, -0.25) is 0 Å². The van der Waals surface area contributed by atoms with Gasteiger partial charge in [0.15, 0.2) is 0 Å². The number of rotatable bonds is 7. The summed E-state index contributed by atoms with van der Waals surface area (Å²) in [6.07, 6.45) is -0.434. The molecule has 1 heterocycles. The summed E-state index contributed by atoms with van der Waals surface area (Å²) in [4.78, 5) is 0. The van der Waals surface area contributed by atoms with Crippen LogP contribution < -0.4 is 14.9 Å². The molecule has 162 valence electrons. The SMILES string of the molecule is CC(Oc1cc(B2OC(C)(C)C(C)(C)O2)ccc1NSC(F)F)c1ccc(F)cc1. The molecule has 0 radical (unpaired) electrons. The lowest BCUT2D eigenvalue weighted by Crippen LogP contribution is -2.41. The summed E-state index contributed by atoms with van der Waals surface area (Å²) in [6, 6.07) is 11.1. The number of benzene rings is 2. The van der Waals surface area contributed by atoms with Crippen molar-refractivity contribution < 1.29 is 27.2 Å². The molecule has 3 rings (SSSR count). The molecule has 0 saturated carbocycles. The van der Waals surface area contributed by atoms with Gasteiger partial charge in [0, 0.05) is 11.9 Å². The molecule has 1 aliphatic rings. The molecule has 0 amide bonds. The van der Waals surface area contributed by atoms with Crippen LogP contribution in [0.15, 0.2) is 42.5 Å². The van der Waals surface area contributed by atoms with Gasteiger partial charge < -0.3 is 18.8 Å². The molecule has 0 aliphatic carbocycles. The lowest BCUT2D eigenvalue weighted by Gasteiger charge is -2.32. The van der Waals surface area contributed by atoms with Crippen molar-refractivity contribution in [3.8, 4) is 5.75 Å². The third kappa shape index (κ3) is 5.07. The fraction of sp³-hybridized carbons (Fsp3) is 0.429. The predicted molar refractivity (Wildman–Crippen MR) is 115 cm³/mol. The van der Waals surface area contributed by atoms with Crippen molar-refractivity contribution >= 4 is 30.2 Å². The van der Waals surface area contributed by atoms with E-state index in [-0.39, 0.29) is 17.8 Å². The van der Waals surface area contributed by atoms with Gasteiger partial charge >= 0.3 is 12.9 Å². The van der Waals surface area contributed by atoms with Crippen LogP contribution in [0.2, 0.25) is 0 Å². The average molecular weight is 439 g/mol. The van der Waals surface area contributed by atoms with Crippen LogP contribution in [0.25, 0.3) is 0 Å². The minimum atomic E-state index is -2.59. The molecule has 2 aromatic carbocycles. The summed E-state index contributed by atoms with van der Waals surface area (Å²) in [5, 5.41) is 0. The summed E-state index contributed by atoms with van der Waals surface area (Å²) in [6.45, 7) is 9.62. The topological polar surface area (TPSA) is 39.7 Å². The van der Waals surface area contributed by atoms with Crippen LogP contribution >= 0.6 is 11.9 Å². The first-order valence-electron chi connectivity index (χ1n) is 9.60. The van der Waals surface area contributed by atoms with Crippen molar-refractivity contribution in [2.75, 3.05) is 4.72 Å². The van der Waals surface area contributed by atoms with Gasteiger partial charge in [0.2, 0.25) is 0 Å². The summed E-state index contributed by atoms with van der Waals surface area (Å²) < 4.78 is 59.5. The summed E-state index contributed by atoms with van der Waals surface area (Å²) in [5.41, 5.74) is 0.840. The quantitative estimate of drug-likeness (QED) is 0.453. The Bertz CT molecular complexity index is 864. The Morgan fingerprint density at radius 2 is 1.60 bits per heavy atom. The van der Waals surface area contributed by atoms with Gasteiger partial charge in [-0.05, 0) is 69.9 Å². The molecule has 1 saturated heterocycles. The van der Waals surface area contributed by atoms with Gasteiger partial charge in [0.1, 0.15) is 17.7 Å². The van der Waals surface area contributed by atoms with Crippen molar-refractivity contribution in [1.82, 2.24) is 0 Å². The number of hydrogen-bond acceptors (Lipinski definition) is 5. The number of anilines is 1. The average Bonchev–Trinajstić information content (AvgIpc) is 2.88. The number of ether oxygens (including phenoxy) is 1. The van der Waals surface area contributed by atoms with E-state index >= 15 is 0 Å². The highest BCUT2D eigenvalue weighted by atomic mass is 32.2. The number of hydrogen-bond donors (Lipinski definition) is 1. The van der Waals surface area contributed by atoms with Crippen LogP contribution in [-0.4, -0.2) is 24.1 Å². The number of alkyl halides is 2. The van der Waals surface area contributed by atoms with E-state index in [0.717, 1.165) is 5.56 Å². The maximum absolute atomic E-state index is 13.2. The largest absolute Gasteiger partial charge is 0.494 e. The maximum Gasteiger partial charge on any atom is 0.494 e. The second kappa shape index (κ2) is 8.73.